The van der Waals surface area contributed by atoms with Gasteiger partial charge in [0.05, 0.1) is 16.6 Å². The van der Waals surface area contributed by atoms with E-state index in [1.54, 1.807) is 0 Å². The Labute approximate surface area is 156 Å². The van der Waals surface area contributed by atoms with Crippen LogP contribution in [0, 0.1) is 0 Å². The minimum Gasteiger partial charge on any atom is -0.345 e. The fraction of sp³-hybridized carbons (Fsp3) is 0.100. The first-order valence-corrected chi connectivity index (χ1v) is 8.57. The van der Waals surface area contributed by atoms with Crippen LogP contribution >= 0.6 is 23.2 Å². The van der Waals surface area contributed by atoms with E-state index in [1.807, 2.05) is 49.4 Å². The van der Waals surface area contributed by atoms with Crippen LogP contribution < -0.4 is 5.32 Å². The molecule has 25 heavy (non-hydrogen) atoms. The van der Waals surface area contributed by atoms with Gasteiger partial charge >= 0.3 is 0 Å². The third kappa shape index (κ3) is 4.19. The molecule has 1 amide bonds. The molecule has 0 saturated heterocycles. The summed E-state index contributed by atoms with van der Waals surface area (Å²) in [5.74, 6) is -0.245. The number of nitrogens with zero attached hydrogens (tertiary/aromatic N) is 1. The molecule has 1 N–H and O–H groups in total. The van der Waals surface area contributed by atoms with E-state index in [1.165, 1.54) is 12.3 Å². The van der Waals surface area contributed by atoms with Gasteiger partial charge in [-0.3, -0.25) is 4.79 Å². The molecule has 0 spiro atoms. The number of hydrogen-bond acceptors (Lipinski definition) is 2. The van der Waals surface area contributed by atoms with Gasteiger partial charge in [-0.1, -0.05) is 77.8 Å². The highest BCUT2D eigenvalue weighted by atomic mass is 35.5. The summed E-state index contributed by atoms with van der Waals surface area (Å²) < 4.78 is 0. The molecule has 0 radical (unpaired) electrons. The van der Waals surface area contributed by atoms with E-state index in [2.05, 4.69) is 22.4 Å². The van der Waals surface area contributed by atoms with Crippen LogP contribution in [-0.2, 0) is 0 Å². The molecule has 0 unspecified atom stereocenters. The molecule has 3 aromatic rings. The van der Waals surface area contributed by atoms with E-state index < -0.39 is 0 Å². The minimum absolute atomic E-state index is 0.147. The maximum atomic E-state index is 12.3. The second-order valence-electron chi connectivity index (χ2n) is 5.68. The summed E-state index contributed by atoms with van der Waals surface area (Å²) in [7, 11) is 0. The lowest BCUT2D eigenvalue weighted by atomic mass is 10.0. The van der Waals surface area contributed by atoms with Crippen LogP contribution in [-0.4, -0.2) is 10.9 Å². The molecular weight excluding hydrogens is 355 g/mol. The molecule has 126 valence electrons. The van der Waals surface area contributed by atoms with E-state index in [0.717, 1.165) is 16.7 Å². The van der Waals surface area contributed by atoms with Crippen LogP contribution in [0.25, 0.3) is 11.1 Å². The highest BCUT2D eigenvalue weighted by Gasteiger charge is 2.13. The Morgan fingerprint density at radius 1 is 1.00 bits per heavy atom. The first-order valence-electron chi connectivity index (χ1n) is 7.82. The third-order valence-corrected chi connectivity index (χ3v) is 4.61. The highest BCUT2D eigenvalue weighted by Crippen LogP contribution is 2.23. The average molecular weight is 371 g/mol. The van der Waals surface area contributed by atoms with Crippen LogP contribution in [0.15, 0.2) is 66.9 Å². The molecular formula is C20H16Cl2N2O. The Morgan fingerprint density at radius 3 is 2.28 bits per heavy atom. The van der Waals surface area contributed by atoms with E-state index in [0.29, 0.717) is 5.56 Å². The Morgan fingerprint density at radius 2 is 1.64 bits per heavy atom. The fourth-order valence-corrected chi connectivity index (χ4v) is 2.77. The summed E-state index contributed by atoms with van der Waals surface area (Å²) in [5, 5.41) is 3.38. The normalized spacial score (nSPS) is 11.8. The number of rotatable bonds is 4. The van der Waals surface area contributed by atoms with Gasteiger partial charge in [0.2, 0.25) is 0 Å². The predicted molar refractivity (Wildman–Crippen MR) is 102 cm³/mol. The maximum Gasteiger partial charge on any atom is 0.253 e. The minimum atomic E-state index is -0.245. The van der Waals surface area contributed by atoms with Gasteiger partial charge in [0.25, 0.3) is 5.91 Å². The first kappa shape index (κ1) is 17.5. The summed E-state index contributed by atoms with van der Waals surface area (Å²) in [5.41, 5.74) is 3.69. The molecule has 1 atom stereocenters. The summed E-state index contributed by atoms with van der Waals surface area (Å²) in [6, 6.07) is 19.6. The maximum absolute atomic E-state index is 12.3. The van der Waals surface area contributed by atoms with Crippen molar-refractivity contribution >= 4 is 29.1 Å². The number of amides is 1. The quantitative estimate of drug-likeness (QED) is 0.612. The number of carbonyl (C=O) groups is 1. The van der Waals surface area contributed by atoms with Crippen molar-refractivity contribution in [1.29, 1.82) is 0 Å². The lowest BCUT2D eigenvalue weighted by molar-refractivity contribution is 0.0939. The number of aromatic nitrogens is 1. The first-order chi connectivity index (χ1) is 12.0. The van der Waals surface area contributed by atoms with Crippen LogP contribution in [0.3, 0.4) is 0 Å². The summed E-state index contributed by atoms with van der Waals surface area (Å²) >= 11 is 11.7. The van der Waals surface area contributed by atoms with Crippen molar-refractivity contribution in [2.24, 2.45) is 0 Å². The third-order valence-electron chi connectivity index (χ3n) is 3.92. The molecule has 3 nitrogen and oxygen atoms in total. The van der Waals surface area contributed by atoms with E-state index in [-0.39, 0.29) is 22.1 Å². The number of nitrogens with one attached hydrogen (secondary N) is 1. The van der Waals surface area contributed by atoms with Crippen molar-refractivity contribution in [3.63, 3.8) is 0 Å². The molecule has 0 aliphatic carbocycles. The second-order valence-corrected chi connectivity index (χ2v) is 6.45. The van der Waals surface area contributed by atoms with Crippen molar-refractivity contribution in [2.75, 3.05) is 0 Å². The SMILES string of the molecule is C[C@H](NC(=O)c1cnc(Cl)c(Cl)c1)c1ccc(-c2ccccc2)cc1. The molecule has 1 heterocycles. The molecule has 5 heteroatoms. The van der Waals surface area contributed by atoms with E-state index in [4.69, 9.17) is 23.2 Å². The summed E-state index contributed by atoms with van der Waals surface area (Å²) in [6.07, 6.45) is 1.41. The lowest BCUT2D eigenvalue weighted by Gasteiger charge is -2.15. The molecule has 0 aliphatic rings. The van der Waals surface area contributed by atoms with Crippen molar-refractivity contribution in [2.45, 2.75) is 13.0 Å². The highest BCUT2D eigenvalue weighted by molar-refractivity contribution is 6.41. The zero-order chi connectivity index (χ0) is 17.8. The van der Waals surface area contributed by atoms with Crippen molar-refractivity contribution in [3.8, 4) is 11.1 Å². The molecule has 0 bridgehead atoms. The summed E-state index contributed by atoms with van der Waals surface area (Å²) in [6.45, 7) is 1.93. The molecule has 0 saturated carbocycles. The standard InChI is InChI=1S/C20H16Cl2N2O/c1-13(24-20(25)17-11-18(21)19(22)23-12-17)14-7-9-16(10-8-14)15-5-3-2-4-6-15/h2-13H,1H3,(H,24,25)/t13-/m0/s1. The van der Waals surface area contributed by atoms with Gasteiger partial charge in [-0.25, -0.2) is 4.98 Å². The Bertz CT molecular complexity index is 880. The van der Waals surface area contributed by atoms with Gasteiger partial charge in [-0.2, -0.15) is 0 Å². The molecule has 0 aliphatic heterocycles. The van der Waals surface area contributed by atoms with Gasteiger partial charge in [0.1, 0.15) is 5.15 Å². The predicted octanol–water partition coefficient (Wildman–Crippen LogP) is 5.55. The monoisotopic (exact) mass is 370 g/mol. The number of benzene rings is 2. The Balaban J connectivity index is 1.71. The van der Waals surface area contributed by atoms with Gasteiger partial charge in [0, 0.05) is 6.20 Å². The van der Waals surface area contributed by atoms with Gasteiger partial charge in [-0.05, 0) is 29.7 Å². The number of pyridine rings is 1. The second kappa shape index (κ2) is 7.68. The van der Waals surface area contributed by atoms with E-state index in [9.17, 15) is 4.79 Å². The number of halogens is 2. The average Bonchev–Trinajstić information content (AvgIpc) is 2.64. The number of hydrogen-bond donors (Lipinski definition) is 1. The fourth-order valence-electron chi connectivity index (χ4n) is 2.50. The Hall–Kier alpha value is -2.36. The van der Waals surface area contributed by atoms with Crippen LogP contribution in [0.4, 0.5) is 0 Å². The number of carbonyl (C=O) groups excluding carboxylic acids is 1. The van der Waals surface area contributed by atoms with Gasteiger partial charge < -0.3 is 5.32 Å². The molecule has 3 rings (SSSR count). The van der Waals surface area contributed by atoms with Gasteiger partial charge in [-0.15, -0.1) is 0 Å². The zero-order valence-electron chi connectivity index (χ0n) is 13.5. The van der Waals surface area contributed by atoms with Crippen molar-refractivity contribution in [1.82, 2.24) is 10.3 Å². The van der Waals surface area contributed by atoms with E-state index >= 15 is 0 Å². The lowest BCUT2D eigenvalue weighted by Crippen LogP contribution is -2.26. The van der Waals surface area contributed by atoms with Crippen molar-refractivity contribution in [3.05, 3.63) is 88.2 Å². The summed E-state index contributed by atoms with van der Waals surface area (Å²) in [4.78, 5) is 16.2. The Kier molecular flexibility index (Phi) is 5.37. The zero-order valence-corrected chi connectivity index (χ0v) is 15.1. The largest absolute Gasteiger partial charge is 0.345 e. The van der Waals surface area contributed by atoms with Crippen LogP contribution in [0.2, 0.25) is 10.2 Å². The topological polar surface area (TPSA) is 42.0 Å². The smallest absolute Gasteiger partial charge is 0.253 e. The molecule has 2 aromatic carbocycles. The van der Waals surface area contributed by atoms with Gasteiger partial charge in [0.15, 0.2) is 0 Å². The molecule has 0 fully saturated rings. The van der Waals surface area contributed by atoms with Crippen LogP contribution in [0.1, 0.15) is 28.9 Å². The van der Waals surface area contributed by atoms with Crippen molar-refractivity contribution < 1.29 is 4.79 Å². The van der Waals surface area contributed by atoms with Crippen LogP contribution in [0.5, 0.6) is 0 Å². The molecule has 1 aromatic heterocycles.